The van der Waals surface area contributed by atoms with Gasteiger partial charge < -0.3 is 5.11 Å². The molecule has 0 fully saturated rings. The molecule has 0 aliphatic rings. The van der Waals surface area contributed by atoms with Crippen molar-refractivity contribution in [2.75, 3.05) is 0 Å². The van der Waals surface area contributed by atoms with E-state index in [1.54, 1.807) is 11.3 Å². The second-order valence-corrected chi connectivity index (χ2v) is 7.41. The number of aliphatic hydroxyl groups is 1. The summed E-state index contributed by atoms with van der Waals surface area (Å²) in [6, 6.07) is 5.90. The average molecular weight is 310 g/mol. The smallest absolute Gasteiger partial charge is 0.101 e. The van der Waals surface area contributed by atoms with E-state index >= 15 is 0 Å². The Morgan fingerprint density at radius 1 is 1.35 bits per heavy atom. The van der Waals surface area contributed by atoms with E-state index in [4.69, 9.17) is 11.6 Å². The zero-order chi connectivity index (χ0) is 14.9. The van der Waals surface area contributed by atoms with Crippen LogP contribution >= 0.6 is 22.9 Å². The van der Waals surface area contributed by atoms with Gasteiger partial charge in [0.15, 0.2) is 0 Å². The van der Waals surface area contributed by atoms with Crippen molar-refractivity contribution in [2.24, 2.45) is 0 Å². The maximum absolute atomic E-state index is 10.3. The Balaban J connectivity index is 2.16. The largest absolute Gasteiger partial charge is 0.386 e. The van der Waals surface area contributed by atoms with Crippen LogP contribution in [0.25, 0.3) is 0 Å². The van der Waals surface area contributed by atoms with Gasteiger partial charge in [0.1, 0.15) is 6.10 Å². The van der Waals surface area contributed by atoms with Crippen LogP contribution in [-0.2, 0) is 11.8 Å². The fourth-order valence-electron chi connectivity index (χ4n) is 1.91. The van der Waals surface area contributed by atoms with Crippen molar-refractivity contribution in [2.45, 2.75) is 45.6 Å². The van der Waals surface area contributed by atoms with Crippen molar-refractivity contribution >= 4 is 22.9 Å². The Morgan fingerprint density at radius 3 is 2.60 bits per heavy atom. The first kappa shape index (κ1) is 15.5. The molecule has 0 radical (unpaired) electrons. The third kappa shape index (κ3) is 3.60. The molecule has 1 aromatic carbocycles. The normalized spacial score (nSPS) is 13.5. The van der Waals surface area contributed by atoms with Gasteiger partial charge in [-0.15, -0.1) is 11.3 Å². The van der Waals surface area contributed by atoms with Gasteiger partial charge >= 0.3 is 0 Å². The van der Waals surface area contributed by atoms with Crippen molar-refractivity contribution in [1.82, 2.24) is 4.98 Å². The highest BCUT2D eigenvalue weighted by Crippen LogP contribution is 2.30. The number of thiazole rings is 1. The highest BCUT2D eigenvalue weighted by atomic mass is 35.5. The molecule has 0 bridgehead atoms. The molecule has 1 atom stereocenters. The fraction of sp³-hybridized carbons (Fsp3) is 0.438. The van der Waals surface area contributed by atoms with Gasteiger partial charge in [0.2, 0.25) is 0 Å². The quantitative estimate of drug-likeness (QED) is 0.893. The molecule has 0 saturated carbocycles. The SMILES string of the molecule is Cc1ccc(CC(O)c2csc(C(C)(C)C)n2)c(Cl)c1. The van der Waals surface area contributed by atoms with Gasteiger partial charge in [-0.25, -0.2) is 4.98 Å². The van der Waals surface area contributed by atoms with Crippen LogP contribution in [0.1, 0.15) is 48.7 Å². The minimum absolute atomic E-state index is 0.0180. The fourth-order valence-corrected chi connectivity index (χ4v) is 3.18. The summed E-state index contributed by atoms with van der Waals surface area (Å²) in [5.74, 6) is 0. The summed E-state index contributed by atoms with van der Waals surface area (Å²) in [5.41, 5.74) is 2.83. The Bertz CT molecular complexity index is 601. The molecular weight excluding hydrogens is 290 g/mol. The van der Waals surface area contributed by atoms with Gasteiger partial charge in [-0.3, -0.25) is 0 Å². The summed E-state index contributed by atoms with van der Waals surface area (Å²) < 4.78 is 0. The van der Waals surface area contributed by atoms with Gasteiger partial charge in [0.25, 0.3) is 0 Å². The zero-order valence-electron chi connectivity index (χ0n) is 12.3. The van der Waals surface area contributed by atoms with Crippen LogP contribution in [0.15, 0.2) is 23.6 Å². The standard InChI is InChI=1S/C16H20ClNOS/c1-10-5-6-11(12(17)7-10)8-14(19)13-9-20-15(18-13)16(2,3)4/h5-7,9,14,19H,8H2,1-4H3. The zero-order valence-corrected chi connectivity index (χ0v) is 13.8. The lowest BCUT2D eigenvalue weighted by Gasteiger charge is -2.14. The number of halogens is 1. The van der Waals surface area contributed by atoms with Crippen LogP contribution in [0, 0.1) is 6.92 Å². The van der Waals surface area contributed by atoms with Gasteiger partial charge in [0, 0.05) is 22.2 Å². The molecule has 0 aliphatic carbocycles. The Morgan fingerprint density at radius 2 is 2.05 bits per heavy atom. The minimum Gasteiger partial charge on any atom is -0.386 e. The first-order chi connectivity index (χ1) is 9.27. The summed E-state index contributed by atoms with van der Waals surface area (Å²) in [5, 5.41) is 14.0. The highest BCUT2D eigenvalue weighted by molar-refractivity contribution is 7.09. The summed E-state index contributed by atoms with van der Waals surface area (Å²) in [7, 11) is 0. The Labute approximate surface area is 129 Å². The maximum atomic E-state index is 10.3. The first-order valence-electron chi connectivity index (χ1n) is 6.66. The molecule has 4 heteroatoms. The molecule has 2 nitrogen and oxygen atoms in total. The van der Waals surface area contributed by atoms with Crippen molar-refractivity contribution < 1.29 is 5.11 Å². The molecule has 0 saturated heterocycles. The van der Waals surface area contributed by atoms with Crippen LogP contribution in [-0.4, -0.2) is 10.1 Å². The molecule has 1 heterocycles. The minimum atomic E-state index is -0.609. The van der Waals surface area contributed by atoms with Crippen LogP contribution in [0.4, 0.5) is 0 Å². The monoisotopic (exact) mass is 309 g/mol. The van der Waals surface area contributed by atoms with Crippen LogP contribution in [0.5, 0.6) is 0 Å². The van der Waals surface area contributed by atoms with E-state index in [0.29, 0.717) is 11.4 Å². The molecule has 2 aromatic rings. The second kappa shape index (κ2) is 5.84. The molecular formula is C16H20ClNOS. The second-order valence-electron chi connectivity index (χ2n) is 6.14. The van der Waals surface area contributed by atoms with E-state index in [9.17, 15) is 5.11 Å². The summed E-state index contributed by atoms with van der Waals surface area (Å²) in [6.07, 6.45) is -0.116. The molecule has 108 valence electrons. The Kier molecular flexibility index (Phi) is 4.52. The van der Waals surface area contributed by atoms with Crippen molar-refractivity contribution in [1.29, 1.82) is 0 Å². The lowest BCUT2D eigenvalue weighted by Crippen LogP contribution is -2.11. The first-order valence-corrected chi connectivity index (χ1v) is 7.92. The van der Waals surface area contributed by atoms with Crippen LogP contribution in [0.2, 0.25) is 5.02 Å². The van der Waals surface area contributed by atoms with E-state index in [1.807, 2.05) is 30.5 Å². The summed E-state index contributed by atoms with van der Waals surface area (Å²) in [6.45, 7) is 8.37. The molecule has 20 heavy (non-hydrogen) atoms. The van der Waals surface area contributed by atoms with E-state index in [2.05, 4.69) is 25.8 Å². The number of nitrogens with zero attached hydrogens (tertiary/aromatic N) is 1. The van der Waals surface area contributed by atoms with Gasteiger partial charge in [-0.05, 0) is 24.1 Å². The number of aryl methyl sites for hydroxylation is 1. The Hall–Kier alpha value is -0.900. The summed E-state index contributed by atoms with van der Waals surface area (Å²) >= 11 is 7.81. The number of rotatable bonds is 3. The number of hydrogen-bond acceptors (Lipinski definition) is 3. The average Bonchev–Trinajstić information content (AvgIpc) is 2.82. The van der Waals surface area contributed by atoms with Crippen LogP contribution in [0.3, 0.4) is 0 Å². The number of benzene rings is 1. The van der Waals surface area contributed by atoms with Gasteiger partial charge in [-0.2, -0.15) is 0 Å². The summed E-state index contributed by atoms with van der Waals surface area (Å²) in [4.78, 5) is 4.55. The van der Waals surface area contributed by atoms with Crippen LogP contribution < -0.4 is 0 Å². The number of aliphatic hydroxyl groups excluding tert-OH is 1. The van der Waals surface area contributed by atoms with Gasteiger partial charge in [0.05, 0.1) is 10.7 Å². The van der Waals surface area contributed by atoms with Crippen molar-refractivity contribution in [3.63, 3.8) is 0 Å². The maximum Gasteiger partial charge on any atom is 0.101 e. The topological polar surface area (TPSA) is 33.1 Å². The van der Waals surface area contributed by atoms with Gasteiger partial charge in [-0.1, -0.05) is 44.5 Å². The molecule has 0 aliphatic heterocycles. The van der Waals surface area contributed by atoms with E-state index in [0.717, 1.165) is 21.8 Å². The molecule has 0 amide bonds. The van der Waals surface area contributed by atoms with E-state index < -0.39 is 6.10 Å². The molecule has 1 unspecified atom stereocenters. The molecule has 2 rings (SSSR count). The number of hydrogen-bond donors (Lipinski definition) is 1. The molecule has 1 aromatic heterocycles. The lowest BCUT2D eigenvalue weighted by molar-refractivity contribution is 0.174. The lowest BCUT2D eigenvalue weighted by atomic mass is 9.98. The number of aromatic nitrogens is 1. The molecule has 1 N–H and O–H groups in total. The van der Waals surface area contributed by atoms with E-state index in [1.165, 1.54) is 0 Å². The third-order valence-electron chi connectivity index (χ3n) is 3.13. The molecule has 0 spiro atoms. The van der Waals surface area contributed by atoms with Crippen molar-refractivity contribution in [3.8, 4) is 0 Å². The third-order valence-corrected chi connectivity index (χ3v) is 4.76. The predicted octanol–water partition coefficient (Wildman–Crippen LogP) is 4.68. The van der Waals surface area contributed by atoms with Crippen molar-refractivity contribution in [3.05, 3.63) is 50.4 Å². The predicted molar refractivity (Wildman–Crippen MR) is 85.7 cm³/mol. The highest BCUT2D eigenvalue weighted by Gasteiger charge is 2.21. The van der Waals surface area contributed by atoms with E-state index in [-0.39, 0.29) is 5.41 Å².